The molecule has 1 unspecified atom stereocenters. The molecule has 0 aliphatic heterocycles. The summed E-state index contributed by atoms with van der Waals surface area (Å²) in [4.78, 5) is 13.0. The number of rotatable bonds is 5. The molecule has 1 N–H and O–H groups in total. The number of hydrogen-bond donors (Lipinski definition) is 1. The van der Waals surface area contributed by atoms with Crippen LogP contribution in [0.4, 0.5) is 24.7 Å². The number of nitro groups is 1. The predicted octanol–water partition coefficient (Wildman–Crippen LogP) is 3.39. The highest BCUT2D eigenvalue weighted by Crippen LogP contribution is 2.36. The van der Waals surface area contributed by atoms with E-state index in [9.17, 15) is 23.3 Å². The van der Waals surface area contributed by atoms with Gasteiger partial charge in [0.05, 0.1) is 4.92 Å². The van der Waals surface area contributed by atoms with Crippen LogP contribution in [-0.4, -0.2) is 15.9 Å². The molecule has 0 aliphatic rings. The highest BCUT2D eigenvalue weighted by atomic mass is 19.4. The second-order valence-corrected chi connectivity index (χ2v) is 3.91. The maximum atomic E-state index is 12.8. The fourth-order valence-corrected chi connectivity index (χ4v) is 1.43. The normalized spacial score (nSPS) is 12.8. The molecule has 0 aromatic carbocycles. The Bertz CT molecular complexity index is 489. The lowest BCUT2D eigenvalue weighted by molar-refractivity contribution is -0.385. The molecule has 0 aliphatic carbocycles. The lowest BCUT2D eigenvalue weighted by Gasteiger charge is -2.17. The number of nitrogens with zero attached hydrogens (tertiary/aromatic N) is 2. The van der Waals surface area contributed by atoms with E-state index in [0.29, 0.717) is 12.5 Å². The summed E-state index contributed by atoms with van der Waals surface area (Å²) < 4.78 is 38.4. The van der Waals surface area contributed by atoms with E-state index in [1.807, 2.05) is 0 Å². The fraction of sp³-hybridized carbons (Fsp3) is 0.364. The van der Waals surface area contributed by atoms with E-state index < -0.39 is 28.2 Å². The van der Waals surface area contributed by atoms with Gasteiger partial charge in [0.15, 0.2) is 0 Å². The Morgan fingerprint density at radius 1 is 1.63 bits per heavy atom. The molecular weight excluding hydrogens is 263 g/mol. The van der Waals surface area contributed by atoms with E-state index in [2.05, 4.69) is 16.9 Å². The molecule has 1 atom stereocenters. The van der Waals surface area contributed by atoms with Crippen LogP contribution < -0.4 is 5.32 Å². The van der Waals surface area contributed by atoms with E-state index >= 15 is 0 Å². The average Bonchev–Trinajstić information content (AvgIpc) is 2.27. The summed E-state index contributed by atoms with van der Waals surface area (Å²) in [6.45, 7) is 5.14. The third-order valence-corrected chi connectivity index (χ3v) is 2.29. The van der Waals surface area contributed by atoms with E-state index in [4.69, 9.17) is 0 Å². The Morgan fingerprint density at radius 3 is 2.74 bits per heavy atom. The largest absolute Gasteiger partial charge is 0.420 e. The van der Waals surface area contributed by atoms with Gasteiger partial charge in [-0.25, -0.2) is 4.98 Å². The van der Waals surface area contributed by atoms with Crippen LogP contribution in [0, 0.1) is 10.1 Å². The molecule has 1 aromatic rings. The zero-order valence-electron chi connectivity index (χ0n) is 10.1. The van der Waals surface area contributed by atoms with Crippen molar-refractivity contribution in [3.63, 3.8) is 0 Å². The third kappa shape index (κ3) is 3.94. The summed E-state index contributed by atoms with van der Waals surface area (Å²) in [5.74, 6) is -0.424. The van der Waals surface area contributed by atoms with Gasteiger partial charge in [0.1, 0.15) is 17.6 Å². The predicted molar refractivity (Wildman–Crippen MR) is 63.8 cm³/mol. The minimum atomic E-state index is -4.71. The van der Waals surface area contributed by atoms with Crippen molar-refractivity contribution in [1.29, 1.82) is 0 Å². The molecular formula is C11H12F3N3O2. The SMILES string of the molecule is C=CCC(C)Nc1ncc([N+](=O)[O-])cc1C(F)(F)F. The Morgan fingerprint density at radius 2 is 2.26 bits per heavy atom. The van der Waals surface area contributed by atoms with Gasteiger partial charge >= 0.3 is 6.18 Å². The molecule has 1 heterocycles. The smallest absolute Gasteiger partial charge is 0.367 e. The van der Waals surface area contributed by atoms with Crippen LogP contribution in [-0.2, 0) is 6.18 Å². The van der Waals surface area contributed by atoms with Crippen molar-refractivity contribution in [2.24, 2.45) is 0 Å². The molecule has 0 fully saturated rings. The second kappa shape index (κ2) is 5.68. The van der Waals surface area contributed by atoms with Crippen LogP contribution in [0.5, 0.6) is 0 Å². The maximum absolute atomic E-state index is 12.8. The summed E-state index contributed by atoms with van der Waals surface area (Å²) in [7, 11) is 0. The minimum Gasteiger partial charge on any atom is -0.367 e. The molecule has 0 saturated carbocycles. The summed E-state index contributed by atoms with van der Waals surface area (Å²) in [5.41, 5.74) is -1.85. The van der Waals surface area contributed by atoms with Gasteiger partial charge in [-0.05, 0) is 13.3 Å². The van der Waals surface area contributed by atoms with Crippen molar-refractivity contribution in [3.05, 3.63) is 40.6 Å². The first kappa shape index (κ1) is 14.9. The third-order valence-electron chi connectivity index (χ3n) is 2.29. The number of halogens is 3. The Balaban J connectivity index is 3.16. The Hall–Kier alpha value is -2.12. The topological polar surface area (TPSA) is 68.1 Å². The Kier molecular flexibility index (Phi) is 4.47. The monoisotopic (exact) mass is 275 g/mol. The van der Waals surface area contributed by atoms with Gasteiger partial charge in [0, 0.05) is 12.1 Å². The number of anilines is 1. The number of alkyl halides is 3. The van der Waals surface area contributed by atoms with E-state index in [0.717, 1.165) is 6.20 Å². The van der Waals surface area contributed by atoms with Gasteiger partial charge in [-0.3, -0.25) is 10.1 Å². The van der Waals surface area contributed by atoms with Crippen molar-refractivity contribution in [3.8, 4) is 0 Å². The van der Waals surface area contributed by atoms with Gasteiger partial charge in [-0.15, -0.1) is 6.58 Å². The first-order valence-corrected chi connectivity index (χ1v) is 5.34. The summed E-state index contributed by atoms with van der Waals surface area (Å²) >= 11 is 0. The van der Waals surface area contributed by atoms with Crippen LogP contribution >= 0.6 is 0 Å². The summed E-state index contributed by atoms with van der Waals surface area (Å²) in [5, 5.41) is 13.0. The number of hydrogen-bond acceptors (Lipinski definition) is 4. The zero-order chi connectivity index (χ0) is 14.6. The molecule has 0 spiro atoms. The van der Waals surface area contributed by atoms with Gasteiger partial charge in [0.2, 0.25) is 0 Å². The lowest BCUT2D eigenvalue weighted by Crippen LogP contribution is -2.19. The first-order chi connectivity index (χ1) is 8.75. The standard InChI is InChI=1S/C11H12F3N3O2/c1-3-4-7(2)16-10-9(11(12,13)14)5-8(6-15-10)17(18)19/h3,5-7H,1,4H2,2H3,(H,15,16). The molecule has 0 bridgehead atoms. The van der Waals surface area contributed by atoms with E-state index in [-0.39, 0.29) is 6.04 Å². The van der Waals surface area contributed by atoms with E-state index in [1.165, 1.54) is 0 Å². The van der Waals surface area contributed by atoms with Crippen molar-refractivity contribution in [2.75, 3.05) is 5.32 Å². The van der Waals surface area contributed by atoms with Crippen LogP contribution in [0.15, 0.2) is 24.9 Å². The highest BCUT2D eigenvalue weighted by molar-refractivity contribution is 5.51. The average molecular weight is 275 g/mol. The van der Waals surface area contributed by atoms with Crippen molar-refractivity contribution >= 4 is 11.5 Å². The van der Waals surface area contributed by atoms with Crippen molar-refractivity contribution in [1.82, 2.24) is 4.98 Å². The molecule has 19 heavy (non-hydrogen) atoms. The lowest BCUT2D eigenvalue weighted by atomic mass is 10.2. The zero-order valence-corrected chi connectivity index (χ0v) is 10.1. The van der Waals surface area contributed by atoms with Gasteiger partial charge < -0.3 is 5.32 Å². The van der Waals surface area contributed by atoms with Gasteiger partial charge in [0.25, 0.3) is 5.69 Å². The van der Waals surface area contributed by atoms with E-state index in [1.54, 1.807) is 13.0 Å². The van der Waals surface area contributed by atoms with Gasteiger partial charge in [-0.2, -0.15) is 13.2 Å². The Labute approximate surface area is 107 Å². The molecule has 0 amide bonds. The summed E-state index contributed by atoms with van der Waals surface area (Å²) in [6.07, 6.45) is -1.93. The van der Waals surface area contributed by atoms with Crippen molar-refractivity contribution < 1.29 is 18.1 Å². The molecule has 0 radical (unpaired) electrons. The molecule has 1 rings (SSSR count). The minimum absolute atomic E-state index is 0.312. The quantitative estimate of drug-likeness (QED) is 0.508. The highest BCUT2D eigenvalue weighted by Gasteiger charge is 2.36. The second-order valence-electron chi connectivity index (χ2n) is 3.91. The first-order valence-electron chi connectivity index (χ1n) is 5.34. The van der Waals surface area contributed by atoms with Crippen LogP contribution in [0.1, 0.15) is 18.9 Å². The van der Waals surface area contributed by atoms with Crippen molar-refractivity contribution in [2.45, 2.75) is 25.6 Å². The van der Waals surface area contributed by atoms with Crippen LogP contribution in [0.2, 0.25) is 0 Å². The number of pyridine rings is 1. The number of nitrogens with one attached hydrogen (secondary N) is 1. The molecule has 1 aromatic heterocycles. The number of aromatic nitrogens is 1. The molecule has 8 heteroatoms. The molecule has 0 saturated heterocycles. The maximum Gasteiger partial charge on any atom is 0.420 e. The fourth-order valence-electron chi connectivity index (χ4n) is 1.43. The summed E-state index contributed by atoms with van der Waals surface area (Å²) in [6, 6.07) is 0.156. The molecule has 5 nitrogen and oxygen atoms in total. The van der Waals surface area contributed by atoms with Crippen LogP contribution in [0.3, 0.4) is 0 Å². The van der Waals surface area contributed by atoms with Crippen LogP contribution in [0.25, 0.3) is 0 Å². The molecule has 104 valence electrons. The van der Waals surface area contributed by atoms with Gasteiger partial charge in [-0.1, -0.05) is 6.08 Å².